The summed E-state index contributed by atoms with van der Waals surface area (Å²) in [5, 5.41) is 3.58. The van der Waals surface area contributed by atoms with Crippen molar-refractivity contribution in [1.29, 1.82) is 0 Å². The largest absolute Gasteiger partial charge is 0.380 e. The zero-order valence-corrected chi connectivity index (χ0v) is 12.7. The molecule has 0 aromatic heterocycles. The van der Waals surface area contributed by atoms with E-state index in [2.05, 4.69) is 50.4 Å². The molecule has 1 aromatic rings. The Kier molecular flexibility index (Phi) is 8.52. The lowest BCUT2D eigenvalue weighted by atomic mass is 10.0. The maximum Gasteiger partial charge on any atom is 0.0622 e. The van der Waals surface area contributed by atoms with Crippen molar-refractivity contribution >= 4 is 0 Å². The molecule has 0 saturated carbocycles. The van der Waals surface area contributed by atoms with Gasteiger partial charge in [0.25, 0.3) is 0 Å². The van der Waals surface area contributed by atoms with E-state index in [-0.39, 0.29) is 0 Å². The standard InChI is InChI=1S/C17H29NO/c1-4-11-18-17(14-19-12-5-2)13-16-9-7-15(6-3)8-10-16/h7-10,17-18H,4-6,11-14H2,1-3H3. The smallest absolute Gasteiger partial charge is 0.0622 e. The molecule has 0 radical (unpaired) electrons. The van der Waals surface area contributed by atoms with Gasteiger partial charge < -0.3 is 10.1 Å². The van der Waals surface area contributed by atoms with E-state index < -0.39 is 0 Å². The van der Waals surface area contributed by atoms with Gasteiger partial charge in [0.2, 0.25) is 0 Å². The van der Waals surface area contributed by atoms with Crippen molar-refractivity contribution in [2.45, 2.75) is 52.5 Å². The molecule has 0 saturated heterocycles. The predicted molar refractivity (Wildman–Crippen MR) is 82.7 cm³/mol. The zero-order chi connectivity index (χ0) is 13.9. The number of rotatable bonds is 10. The van der Waals surface area contributed by atoms with Gasteiger partial charge in [-0.05, 0) is 43.4 Å². The summed E-state index contributed by atoms with van der Waals surface area (Å²) in [5.74, 6) is 0. The number of hydrogen-bond donors (Lipinski definition) is 1. The van der Waals surface area contributed by atoms with Crippen molar-refractivity contribution < 1.29 is 4.74 Å². The van der Waals surface area contributed by atoms with E-state index in [1.54, 1.807) is 0 Å². The van der Waals surface area contributed by atoms with E-state index in [0.29, 0.717) is 6.04 Å². The van der Waals surface area contributed by atoms with Crippen LogP contribution in [0.2, 0.25) is 0 Å². The summed E-state index contributed by atoms with van der Waals surface area (Å²) < 4.78 is 5.70. The van der Waals surface area contributed by atoms with Crippen LogP contribution in [0.15, 0.2) is 24.3 Å². The lowest BCUT2D eigenvalue weighted by molar-refractivity contribution is 0.112. The molecule has 0 fully saturated rings. The van der Waals surface area contributed by atoms with Gasteiger partial charge in [0.1, 0.15) is 0 Å². The van der Waals surface area contributed by atoms with Gasteiger partial charge in [0.15, 0.2) is 0 Å². The van der Waals surface area contributed by atoms with Crippen molar-refractivity contribution in [2.75, 3.05) is 19.8 Å². The van der Waals surface area contributed by atoms with Crippen LogP contribution in [0.25, 0.3) is 0 Å². The second-order valence-electron chi connectivity index (χ2n) is 5.10. The van der Waals surface area contributed by atoms with E-state index in [1.165, 1.54) is 17.5 Å². The van der Waals surface area contributed by atoms with Gasteiger partial charge in [-0.25, -0.2) is 0 Å². The number of aryl methyl sites for hydroxylation is 1. The molecule has 0 spiro atoms. The molecule has 0 bridgehead atoms. The third-order valence-electron chi connectivity index (χ3n) is 3.26. The molecule has 2 heteroatoms. The topological polar surface area (TPSA) is 21.3 Å². The molecule has 1 atom stereocenters. The molecule has 0 aliphatic rings. The summed E-state index contributed by atoms with van der Waals surface area (Å²) in [4.78, 5) is 0. The van der Waals surface area contributed by atoms with Crippen LogP contribution in [0.3, 0.4) is 0 Å². The maximum atomic E-state index is 5.70. The van der Waals surface area contributed by atoms with Crippen LogP contribution in [0.4, 0.5) is 0 Å². The predicted octanol–water partition coefficient (Wildman–Crippen LogP) is 3.59. The number of hydrogen-bond acceptors (Lipinski definition) is 2. The fourth-order valence-electron chi connectivity index (χ4n) is 2.10. The van der Waals surface area contributed by atoms with Gasteiger partial charge in [-0.15, -0.1) is 0 Å². The van der Waals surface area contributed by atoms with Crippen molar-refractivity contribution in [3.05, 3.63) is 35.4 Å². The fourth-order valence-corrected chi connectivity index (χ4v) is 2.10. The van der Waals surface area contributed by atoms with Crippen LogP contribution in [0.5, 0.6) is 0 Å². The summed E-state index contributed by atoms with van der Waals surface area (Å²) in [5.41, 5.74) is 2.80. The molecule has 0 aliphatic carbocycles. The SMILES string of the molecule is CCCNC(COCCC)Cc1ccc(CC)cc1. The van der Waals surface area contributed by atoms with Crippen LogP contribution in [0.1, 0.15) is 44.7 Å². The van der Waals surface area contributed by atoms with Gasteiger partial charge in [-0.2, -0.15) is 0 Å². The summed E-state index contributed by atoms with van der Waals surface area (Å²) in [6.07, 6.45) is 4.41. The Balaban J connectivity index is 2.48. The average Bonchev–Trinajstić information content (AvgIpc) is 2.45. The zero-order valence-electron chi connectivity index (χ0n) is 12.7. The number of benzene rings is 1. The van der Waals surface area contributed by atoms with Crippen molar-refractivity contribution in [1.82, 2.24) is 5.32 Å². The summed E-state index contributed by atoms with van der Waals surface area (Å²) in [6.45, 7) is 9.28. The third kappa shape index (κ3) is 6.74. The van der Waals surface area contributed by atoms with E-state index >= 15 is 0 Å². The minimum Gasteiger partial charge on any atom is -0.380 e. The molecular weight excluding hydrogens is 234 g/mol. The second-order valence-corrected chi connectivity index (χ2v) is 5.10. The summed E-state index contributed by atoms with van der Waals surface area (Å²) in [6, 6.07) is 9.40. The van der Waals surface area contributed by atoms with Crippen molar-refractivity contribution in [3.63, 3.8) is 0 Å². The van der Waals surface area contributed by atoms with Gasteiger partial charge in [0, 0.05) is 12.6 Å². The molecule has 0 amide bonds. The average molecular weight is 263 g/mol. The van der Waals surface area contributed by atoms with E-state index in [9.17, 15) is 0 Å². The molecule has 1 N–H and O–H groups in total. The minimum atomic E-state index is 0.430. The van der Waals surface area contributed by atoms with E-state index in [4.69, 9.17) is 4.74 Å². The Labute approximate surface area is 118 Å². The third-order valence-corrected chi connectivity index (χ3v) is 3.26. The van der Waals surface area contributed by atoms with Crippen LogP contribution < -0.4 is 5.32 Å². The van der Waals surface area contributed by atoms with Crippen molar-refractivity contribution in [3.8, 4) is 0 Å². The summed E-state index contributed by atoms with van der Waals surface area (Å²) >= 11 is 0. The first-order valence-electron chi connectivity index (χ1n) is 7.69. The molecule has 1 aromatic carbocycles. The molecule has 19 heavy (non-hydrogen) atoms. The molecule has 0 aliphatic heterocycles. The Hall–Kier alpha value is -0.860. The highest BCUT2D eigenvalue weighted by Crippen LogP contribution is 2.08. The maximum absolute atomic E-state index is 5.70. The lowest BCUT2D eigenvalue weighted by Crippen LogP contribution is -2.36. The first-order valence-corrected chi connectivity index (χ1v) is 7.69. The van der Waals surface area contributed by atoms with Crippen molar-refractivity contribution in [2.24, 2.45) is 0 Å². The van der Waals surface area contributed by atoms with Gasteiger partial charge in [-0.1, -0.05) is 45.0 Å². The first-order chi connectivity index (χ1) is 9.30. The van der Waals surface area contributed by atoms with Gasteiger partial charge >= 0.3 is 0 Å². The van der Waals surface area contributed by atoms with E-state index in [1.807, 2.05) is 0 Å². The highest BCUT2D eigenvalue weighted by molar-refractivity contribution is 5.23. The number of nitrogens with one attached hydrogen (secondary N) is 1. The molecule has 2 nitrogen and oxygen atoms in total. The van der Waals surface area contributed by atoms with Gasteiger partial charge in [0.05, 0.1) is 6.61 Å². The van der Waals surface area contributed by atoms with Crippen LogP contribution in [-0.4, -0.2) is 25.8 Å². The van der Waals surface area contributed by atoms with Crippen LogP contribution in [0, 0.1) is 0 Å². The molecule has 0 heterocycles. The molecule has 108 valence electrons. The monoisotopic (exact) mass is 263 g/mol. The summed E-state index contributed by atoms with van der Waals surface area (Å²) in [7, 11) is 0. The van der Waals surface area contributed by atoms with Crippen LogP contribution in [-0.2, 0) is 17.6 Å². The second kappa shape index (κ2) is 9.99. The minimum absolute atomic E-state index is 0.430. The highest BCUT2D eigenvalue weighted by Gasteiger charge is 2.09. The lowest BCUT2D eigenvalue weighted by Gasteiger charge is -2.19. The molecular formula is C17H29NO. The van der Waals surface area contributed by atoms with E-state index in [0.717, 1.165) is 39.0 Å². The fraction of sp³-hybridized carbons (Fsp3) is 0.647. The highest BCUT2D eigenvalue weighted by atomic mass is 16.5. The Morgan fingerprint density at radius 3 is 2.26 bits per heavy atom. The first kappa shape index (κ1) is 16.2. The quantitative estimate of drug-likeness (QED) is 0.651. The molecule has 1 unspecified atom stereocenters. The number of ether oxygens (including phenoxy) is 1. The normalized spacial score (nSPS) is 12.6. The molecule has 1 rings (SSSR count). The Morgan fingerprint density at radius 2 is 1.68 bits per heavy atom. The van der Waals surface area contributed by atoms with Gasteiger partial charge in [-0.3, -0.25) is 0 Å². The Bertz CT molecular complexity index is 321. The Morgan fingerprint density at radius 1 is 1.00 bits per heavy atom. The van der Waals surface area contributed by atoms with Crippen LogP contribution >= 0.6 is 0 Å².